The number of rotatable bonds is 3. The molecule has 112 valence electrons. The number of hydrogen-bond donors (Lipinski definition) is 1. The van der Waals surface area contributed by atoms with Crippen LogP contribution >= 0.6 is 0 Å². The highest BCUT2D eigenvalue weighted by Crippen LogP contribution is 2.39. The van der Waals surface area contributed by atoms with Crippen LogP contribution in [-0.4, -0.2) is 4.98 Å². The predicted octanol–water partition coefficient (Wildman–Crippen LogP) is 4.70. The standard InChI is InChI=1S/C19H26N2/c1-13(2)14-7-9-15(10-8-14)19(20)18-12-21-11-16-5-3-4-6-17(16)18/h3-6,11-15,19H,7-10,20H2,1-2H3. The van der Waals surface area contributed by atoms with Crippen LogP contribution < -0.4 is 5.73 Å². The Morgan fingerprint density at radius 2 is 1.67 bits per heavy atom. The molecule has 21 heavy (non-hydrogen) atoms. The minimum Gasteiger partial charge on any atom is -0.324 e. The van der Waals surface area contributed by atoms with E-state index < -0.39 is 0 Å². The van der Waals surface area contributed by atoms with Crippen molar-refractivity contribution in [3.8, 4) is 0 Å². The van der Waals surface area contributed by atoms with Crippen LogP contribution in [0.2, 0.25) is 0 Å². The molecule has 0 spiro atoms. The Kier molecular flexibility index (Phi) is 4.25. The van der Waals surface area contributed by atoms with E-state index in [0.717, 1.165) is 11.8 Å². The molecule has 1 atom stereocenters. The van der Waals surface area contributed by atoms with Crippen LogP contribution in [0.3, 0.4) is 0 Å². The summed E-state index contributed by atoms with van der Waals surface area (Å²) in [7, 11) is 0. The van der Waals surface area contributed by atoms with Crippen LogP contribution in [0, 0.1) is 17.8 Å². The second kappa shape index (κ2) is 6.15. The number of nitrogens with two attached hydrogens (primary N) is 1. The summed E-state index contributed by atoms with van der Waals surface area (Å²) in [5.41, 5.74) is 7.84. The van der Waals surface area contributed by atoms with E-state index >= 15 is 0 Å². The molecular formula is C19H26N2. The predicted molar refractivity (Wildman–Crippen MR) is 89.0 cm³/mol. The van der Waals surface area contributed by atoms with Crippen molar-refractivity contribution in [2.24, 2.45) is 23.5 Å². The molecule has 1 saturated carbocycles. The van der Waals surface area contributed by atoms with Crippen molar-refractivity contribution in [1.29, 1.82) is 0 Å². The second-order valence-corrected chi connectivity index (χ2v) is 6.89. The largest absolute Gasteiger partial charge is 0.324 e. The fourth-order valence-electron chi connectivity index (χ4n) is 3.83. The van der Waals surface area contributed by atoms with Crippen molar-refractivity contribution in [1.82, 2.24) is 4.98 Å². The molecule has 0 saturated heterocycles. The normalized spacial score (nSPS) is 24.4. The summed E-state index contributed by atoms with van der Waals surface area (Å²) >= 11 is 0. The molecule has 2 nitrogen and oxygen atoms in total. The second-order valence-electron chi connectivity index (χ2n) is 6.89. The molecule has 2 heteroatoms. The zero-order valence-electron chi connectivity index (χ0n) is 13.1. The van der Waals surface area contributed by atoms with Gasteiger partial charge in [-0.15, -0.1) is 0 Å². The Hall–Kier alpha value is -1.41. The van der Waals surface area contributed by atoms with E-state index in [0.29, 0.717) is 5.92 Å². The van der Waals surface area contributed by atoms with Crippen LogP contribution in [-0.2, 0) is 0 Å². The molecular weight excluding hydrogens is 256 g/mol. The van der Waals surface area contributed by atoms with Gasteiger partial charge in [-0.05, 0) is 54.4 Å². The molecule has 3 rings (SSSR count). The maximum absolute atomic E-state index is 6.62. The minimum absolute atomic E-state index is 0.122. The van der Waals surface area contributed by atoms with Gasteiger partial charge in [-0.3, -0.25) is 4.98 Å². The number of benzene rings is 1. The van der Waals surface area contributed by atoms with Gasteiger partial charge in [0, 0.05) is 23.8 Å². The first kappa shape index (κ1) is 14.5. The molecule has 1 aliphatic rings. The lowest BCUT2D eigenvalue weighted by Crippen LogP contribution is -2.27. The molecule has 1 aromatic carbocycles. The van der Waals surface area contributed by atoms with Crippen LogP contribution in [0.25, 0.3) is 10.8 Å². The molecule has 2 N–H and O–H groups in total. The van der Waals surface area contributed by atoms with Gasteiger partial charge in [-0.1, -0.05) is 38.1 Å². The molecule has 0 amide bonds. The molecule has 1 unspecified atom stereocenters. The van der Waals surface area contributed by atoms with E-state index in [9.17, 15) is 0 Å². The van der Waals surface area contributed by atoms with Crippen LogP contribution in [0.4, 0.5) is 0 Å². The Labute approximate surface area is 127 Å². The lowest BCUT2D eigenvalue weighted by Gasteiger charge is -2.34. The van der Waals surface area contributed by atoms with Gasteiger partial charge >= 0.3 is 0 Å². The number of nitrogens with zero attached hydrogens (tertiary/aromatic N) is 1. The van der Waals surface area contributed by atoms with Gasteiger partial charge in [0.2, 0.25) is 0 Å². The van der Waals surface area contributed by atoms with Crippen LogP contribution in [0.5, 0.6) is 0 Å². The molecule has 0 radical (unpaired) electrons. The summed E-state index contributed by atoms with van der Waals surface area (Å²) in [4.78, 5) is 4.39. The third-order valence-corrected chi connectivity index (χ3v) is 5.33. The van der Waals surface area contributed by atoms with Crippen molar-refractivity contribution in [3.63, 3.8) is 0 Å². The highest BCUT2D eigenvalue weighted by atomic mass is 14.7. The summed E-state index contributed by atoms with van der Waals surface area (Å²) in [6.07, 6.45) is 9.08. The van der Waals surface area contributed by atoms with Crippen molar-refractivity contribution >= 4 is 10.8 Å². The SMILES string of the molecule is CC(C)C1CCC(C(N)c2cncc3ccccc23)CC1. The van der Waals surface area contributed by atoms with Gasteiger partial charge in [0.1, 0.15) is 0 Å². The number of aromatic nitrogens is 1. The van der Waals surface area contributed by atoms with Crippen molar-refractivity contribution < 1.29 is 0 Å². The average molecular weight is 282 g/mol. The molecule has 1 heterocycles. The molecule has 1 aromatic heterocycles. The van der Waals surface area contributed by atoms with Crippen molar-refractivity contribution in [3.05, 3.63) is 42.2 Å². The molecule has 1 fully saturated rings. The minimum atomic E-state index is 0.122. The first-order valence-electron chi connectivity index (χ1n) is 8.25. The molecule has 0 aliphatic heterocycles. The van der Waals surface area contributed by atoms with Gasteiger partial charge in [0.15, 0.2) is 0 Å². The van der Waals surface area contributed by atoms with E-state index in [1.807, 2.05) is 12.4 Å². The van der Waals surface area contributed by atoms with Gasteiger partial charge in [0.25, 0.3) is 0 Å². The van der Waals surface area contributed by atoms with Crippen LogP contribution in [0.15, 0.2) is 36.7 Å². The van der Waals surface area contributed by atoms with Crippen LogP contribution in [0.1, 0.15) is 51.1 Å². The molecule has 2 aromatic rings. The summed E-state index contributed by atoms with van der Waals surface area (Å²) in [6, 6.07) is 8.57. The highest BCUT2D eigenvalue weighted by molar-refractivity contribution is 5.85. The van der Waals surface area contributed by atoms with Gasteiger partial charge in [0.05, 0.1) is 0 Å². The van der Waals surface area contributed by atoms with E-state index in [2.05, 4.69) is 43.1 Å². The number of fused-ring (bicyclic) bond motifs is 1. The topological polar surface area (TPSA) is 38.9 Å². The third-order valence-electron chi connectivity index (χ3n) is 5.33. The van der Waals surface area contributed by atoms with E-state index in [1.165, 1.54) is 42.0 Å². The lowest BCUT2D eigenvalue weighted by atomic mass is 9.73. The monoisotopic (exact) mass is 282 g/mol. The fourth-order valence-corrected chi connectivity index (χ4v) is 3.83. The van der Waals surface area contributed by atoms with E-state index in [-0.39, 0.29) is 6.04 Å². The van der Waals surface area contributed by atoms with Gasteiger partial charge in [-0.2, -0.15) is 0 Å². The first-order valence-corrected chi connectivity index (χ1v) is 8.25. The van der Waals surface area contributed by atoms with E-state index in [4.69, 9.17) is 5.73 Å². The zero-order valence-corrected chi connectivity index (χ0v) is 13.1. The van der Waals surface area contributed by atoms with Crippen molar-refractivity contribution in [2.45, 2.75) is 45.6 Å². The van der Waals surface area contributed by atoms with Gasteiger partial charge in [-0.25, -0.2) is 0 Å². The van der Waals surface area contributed by atoms with Crippen molar-refractivity contribution in [2.75, 3.05) is 0 Å². The maximum Gasteiger partial charge on any atom is 0.0346 e. The summed E-state index contributed by atoms with van der Waals surface area (Å²) in [5, 5.41) is 2.47. The summed E-state index contributed by atoms with van der Waals surface area (Å²) in [5.74, 6) is 2.30. The lowest BCUT2D eigenvalue weighted by molar-refractivity contribution is 0.204. The first-order chi connectivity index (χ1) is 10.2. The Morgan fingerprint density at radius 3 is 2.38 bits per heavy atom. The summed E-state index contributed by atoms with van der Waals surface area (Å²) in [6.45, 7) is 4.69. The number of pyridine rings is 1. The van der Waals surface area contributed by atoms with Gasteiger partial charge < -0.3 is 5.73 Å². The highest BCUT2D eigenvalue weighted by Gasteiger charge is 2.28. The quantitative estimate of drug-likeness (QED) is 0.886. The fraction of sp³-hybridized carbons (Fsp3) is 0.526. The third kappa shape index (κ3) is 2.96. The Balaban J connectivity index is 1.80. The zero-order chi connectivity index (χ0) is 14.8. The average Bonchev–Trinajstić information content (AvgIpc) is 2.53. The number of hydrogen-bond acceptors (Lipinski definition) is 2. The maximum atomic E-state index is 6.62. The summed E-state index contributed by atoms with van der Waals surface area (Å²) < 4.78 is 0. The Bertz CT molecular complexity index is 592. The van der Waals surface area contributed by atoms with E-state index in [1.54, 1.807) is 0 Å². The smallest absolute Gasteiger partial charge is 0.0346 e. The molecule has 0 bridgehead atoms. The Morgan fingerprint density at radius 1 is 1.00 bits per heavy atom. The molecule has 1 aliphatic carbocycles.